The standard InChI is InChI=1S/C46H57F3N6O11S/c1-25(2)63-31-14-16-34(50-23-31)35-20-28-19-30(62-8)13-15-33(28)39(51-35)65-32-21-36-38(56)53-45(41(58)54-67(60,61)44(7)17-18-44)22-29(45)12-10-9-11-26(3)64-27(4)37(40(57)55(36)24-32)52-42(59)66-43(5,6)46(47,48)49/h10,12-16,19-20,23,25-27,29,32,36-37H,9,11,17-18,21-22,24H2,1-8H3,(H,52,59)(H,53,56)(H,54,58). The molecule has 4 heterocycles. The maximum absolute atomic E-state index is 14.9. The van der Waals surface area contributed by atoms with Crippen LogP contribution in [0.1, 0.15) is 87.0 Å². The first kappa shape index (κ1) is 49.2. The monoisotopic (exact) mass is 958 g/mol. The van der Waals surface area contributed by atoms with Gasteiger partial charge in [0.15, 0.2) is 0 Å². The van der Waals surface area contributed by atoms with Gasteiger partial charge >= 0.3 is 12.3 Å². The van der Waals surface area contributed by atoms with Gasteiger partial charge in [0, 0.05) is 17.7 Å². The Balaban J connectivity index is 1.26. The first-order valence-electron chi connectivity index (χ1n) is 22.2. The smallest absolute Gasteiger partial charge is 0.427 e. The summed E-state index contributed by atoms with van der Waals surface area (Å²) in [5.41, 5.74) is -3.81. The van der Waals surface area contributed by atoms with Gasteiger partial charge in [-0.05, 0) is 122 Å². The Labute approximate surface area is 386 Å². The molecular weight excluding hydrogens is 902 g/mol. The van der Waals surface area contributed by atoms with Crippen LogP contribution in [0.4, 0.5) is 18.0 Å². The number of hydrogen-bond acceptors (Lipinski definition) is 13. The van der Waals surface area contributed by atoms with Gasteiger partial charge in [0.05, 0.1) is 54.3 Å². The normalized spacial score (nSPS) is 26.6. The van der Waals surface area contributed by atoms with Gasteiger partial charge in [0.25, 0.3) is 5.91 Å². The zero-order valence-electron chi connectivity index (χ0n) is 38.6. The number of aromatic nitrogens is 2. The molecule has 2 aliphatic heterocycles. The van der Waals surface area contributed by atoms with E-state index in [2.05, 4.69) is 20.3 Å². The number of allylic oxidation sites excluding steroid dienone is 1. The molecule has 7 rings (SSSR count). The van der Waals surface area contributed by atoms with Gasteiger partial charge in [0.2, 0.25) is 33.3 Å². The number of nitrogens with one attached hydrogen (secondary N) is 3. The molecule has 7 unspecified atom stereocenters. The summed E-state index contributed by atoms with van der Waals surface area (Å²) in [6.07, 6.45) is -2.99. The molecule has 4 amide bonds. The van der Waals surface area contributed by atoms with Crippen LogP contribution in [0.25, 0.3) is 22.2 Å². The number of benzene rings is 1. The number of alkyl halides is 3. The van der Waals surface area contributed by atoms with Crippen molar-refractivity contribution in [3.8, 4) is 28.8 Å². The minimum atomic E-state index is -4.97. The van der Waals surface area contributed by atoms with Crippen LogP contribution in [0.2, 0.25) is 0 Å². The molecule has 1 aromatic carbocycles. The second kappa shape index (κ2) is 18.4. The number of carbonyl (C=O) groups is 4. The van der Waals surface area contributed by atoms with Crippen LogP contribution in [0, 0.1) is 5.92 Å². The number of carbonyl (C=O) groups excluding carboxylic acids is 4. The summed E-state index contributed by atoms with van der Waals surface area (Å²) in [5, 5.41) is 6.24. The molecule has 2 saturated carbocycles. The van der Waals surface area contributed by atoms with Crippen LogP contribution < -0.4 is 29.6 Å². The molecular formula is C46H57F3N6O11S. The average Bonchev–Trinajstić information content (AvgIpc) is 4.13. The van der Waals surface area contributed by atoms with E-state index >= 15 is 0 Å². The molecule has 67 heavy (non-hydrogen) atoms. The van der Waals surface area contributed by atoms with Crippen LogP contribution in [0.15, 0.2) is 54.7 Å². The van der Waals surface area contributed by atoms with Crippen molar-refractivity contribution in [3.63, 3.8) is 0 Å². The molecule has 3 fully saturated rings. The van der Waals surface area contributed by atoms with Crippen molar-refractivity contribution in [1.82, 2.24) is 30.2 Å². The van der Waals surface area contributed by atoms with Crippen molar-refractivity contribution in [2.45, 2.75) is 146 Å². The first-order valence-corrected chi connectivity index (χ1v) is 23.7. The first-order chi connectivity index (χ1) is 31.3. The lowest BCUT2D eigenvalue weighted by atomic mass is 10.1. The van der Waals surface area contributed by atoms with E-state index in [-0.39, 0.29) is 31.4 Å². The molecule has 3 N–H and O–H groups in total. The highest BCUT2D eigenvalue weighted by atomic mass is 32.2. The topological polar surface area (TPSA) is 214 Å². The summed E-state index contributed by atoms with van der Waals surface area (Å²) < 4.78 is 98.1. The molecule has 7 atom stereocenters. The predicted molar refractivity (Wildman–Crippen MR) is 237 cm³/mol. The Morgan fingerprint density at radius 1 is 1.04 bits per heavy atom. The van der Waals surface area contributed by atoms with Crippen molar-refractivity contribution in [2.75, 3.05) is 13.7 Å². The Morgan fingerprint density at radius 3 is 2.40 bits per heavy atom. The van der Waals surface area contributed by atoms with Crippen LogP contribution in [0.5, 0.6) is 17.4 Å². The number of sulfonamides is 1. The Bertz CT molecular complexity index is 2540. The number of amides is 4. The van der Waals surface area contributed by atoms with Gasteiger partial charge < -0.3 is 39.2 Å². The number of nitrogens with zero attached hydrogens (tertiary/aromatic N) is 3. The second-order valence-corrected chi connectivity index (χ2v) is 21.0. The van der Waals surface area contributed by atoms with Gasteiger partial charge in [0.1, 0.15) is 35.2 Å². The summed E-state index contributed by atoms with van der Waals surface area (Å²) in [5.74, 6) is -2.16. The maximum atomic E-state index is 14.9. The highest BCUT2D eigenvalue weighted by Gasteiger charge is 2.63. The van der Waals surface area contributed by atoms with E-state index in [0.717, 1.165) is 4.90 Å². The third-order valence-electron chi connectivity index (χ3n) is 12.7. The molecule has 1 saturated heterocycles. The molecule has 2 aromatic heterocycles. The maximum Gasteiger partial charge on any atom is 0.427 e. The molecule has 4 aliphatic rings. The van der Waals surface area contributed by atoms with E-state index in [9.17, 15) is 40.8 Å². The number of pyridine rings is 2. The predicted octanol–water partition coefficient (Wildman–Crippen LogP) is 5.89. The highest BCUT2D eigenvalue weighted by Crippen LogP contribution is 2.48. The van der Waals surface area contributed by atoms with Gasteiger partial charge in [-0.15, -0.1) is 0 Å². The molecule has 0 radical (unpaired) electrons. The largest absolute Gasteiger partial charge is 0.497 e. The average molecular weight is 959 g/mol. The van der Waals surface area contributed by atoms with E-state index in [1.54, 1.807) is 61.7 Å². The van der Waals surface area contributed by atoms with Crippen molar-refractivity contribution >= 4 is 44.6 Å². The summed E-state index contributed by atoms with van der Waals surface area (Å²) >= 11 is 0. The molecule has 2 aliphatic carbocycles. The third-order valence-corrected chi connectivity index (χ3v) is 14.9. The van der Waals surface area contributed by atoms with Crippen LogP contribution in [-0.2, 0) is 33.9 Å². The number of rotatable bonds is 11. The Hall–Kier alpha value is -5.70. The van der Waals surface area contributed by atoms with Crippen molar-refractivity contribution in [1.29, 1.82) is 0 Å². The fourth-order valence-electron chi connectivity index (χ4n) is 8.13. The number of ether oxygens (including phenoxy) is 5. The van der Waals surface area contributed by atoms with Crippen LogP contribution >= 0.6 is 0 Å². The number of fused-ring (bicyclic) bond motifs is 3. The molecule has 364 valence electrons. The highest BCUT2D eigenvalue weighted by molar-refractivity contribution is 7.91. The summed E-state index contributed by atoms with van der Waals surface area (Å²) in [7, 11) is -2.61. The van der Waals surface area contributed by atoms with E-state index in [1.807, 2.05) is 13.8 Å². The molecule has 0 bridgehead atoms. The molecule has 3 aromatic rings. The molecule has 17 nitrogen and oxygen atoms in total. The van der Waals surface area contributed by atoms with Gasteiger partial charge in [-0.1, -0.05) is 12.2 Å². The number of alkyl carbamates (subject to hydrolysis) is 1. The lowest BCUT2D eigenvalue weighted by molar-refractivity contribution is -0.244. The minimum absolute atomic E-state index is 0.0484. The lowest BCUT2D eigenvalue weighted by Gasteiger charge is -2.34. The van der Waals surface area contributed by atoms with Crippen molar-refractivity contribution < 1.29 is 64.5 Å². The summed E-state index contributed by atoms with van der Waals surface area (Å²) in [4.78, 5) is 67.5. The van der Waals surface area contributed by atoms with Crippen LogP contribution in [0.3, 0.4) is 0 Å². The lowest BCUT2D eigenvalue weighted by Crippen LogP contribution is -2.60. The summed E-state index contributed by atoms with van der Waals surface area (Å²) in [6, 6.07) is 7.33. The van der Waals surface area contributed by atoms with E-state index in [1.165, 1.54) is 21.0 Å². The second-order valence-electron chi connectivity index (χ2n) is 18.8. The molecule has 21 heteroatoms. The quantitative estimate of drug-likeness (QED) is 0.192. The zero-order valence-corrected chi connectivity index (χ0v) is 39.4. The zero-order chi connectivity index (χ0) is 48.9. The Kier molecular flexibility index (Phi) is 13.5. The summed E-state index contributed by atoms with van der Waals surface area (Å²) in [6.45, 7) is 9.47. The van der Waals surface area contributed by atoms with Crippen LogP contribution in [-0.4, -0.2) is 119 Å². The Morgan fingerprint density at radius 2 is 1.76 bits per heavy atom. The van der Waals surface area contributed by atoms with E-state index in [4.69, 9.17) is 28.7 Å². The fourth-order valence-corrected chi connectivity index (χ4v) is 9.45. The van der Waals surface area contributed by atoms with Crippen molar-refractivity contribution in [3.05, 3.63) is 54.7 Å². The molecule has 0 spiro atoms. The fraction of sp³-hybridized carbons (Fsp3) is 0.565. The SMILES string of the molecule is COc1ccc2c(OC3CC4C(=O)NC5(C(=O)NS(=O)(=O)C6(C)CC6)CC5C=CCCC(C)OC(C)C(NC(=O)OC(C)(C)C(F)(F)F)C(=O)N4C3)nc(-c3ccc(OC(C)C)cn3)cc2c1. The number of methoxy groups -OCH3 is 1. The van der Waals surface area contributed by atoms with E-state index < -0.39 is 92.2 Å². The number of halogens is 3. The third kappa shape index (κ3) is 10.6. The van der Waals surface area contributed by atoms with Gasteiger partial charge in [-0.2, -0.15) is 13.2 Å². The van der Waals surface area contributed by atoms with Gasteiger partial charge in [-0.25, -0.2) is 18.2 Å². The minimum Gasteiger partial charge on any atom is -0.497 e. The van der Waals surface area contributed by atoms with Crippen molar-refractivity contribution in [2.24, 2.45) is 5.92 Å². The number of hydrogen-bond donors (Lipinski definition) is 3. The van der Waals surface area contributed by atoms with Gasteiger partial charge in [-0.3, -0.25) is 24.1 Å². The van der Waals surface area contributed by atoms with E-state index in [0.29, 0.717) is 73.2 Å².